The molecule has 2 aliphatic rings. The van der Waals surface area contributed by atoms with Gasteiger partial charge in [0.1, 0.15) is 34.9 Å². The summed E-state index contributed by atoms with van der Waals surface area (Å²) < 4.78 is 7.88. The molecule has 6 rings (SSSR count). The maximum atomic E-state index is 14.1. The van der Waals surface area contributed by atoms with E-state index in [1.54, 1.807) is 0 Å². The van der Waals surface area contributed by atoms with Gasteiger partial charge >= 0.3 is 0 Å². The molecule has 9 heteroatoms. The van der Waals surface area contributed by atoms with Crippen LogP contribution in [0.2, 0.25) is 5.15 Å². The molecular formula is C35H43ClN5O2S+. The number of carbonyl (C=O) groups excluding carboxylic acids is 1. The quantitative estimate of drug-likeness (QED) is 0.111. The lowest BCUT2D eigenvalue weighted by Crippen LogP contribution is -2.31. The highest BCUT2D eigenvalue weighted by atomic mass is 35.5. The first-order chi connectivity index (χ1) is 21.3. The number of amides is 1. The van der Waals surface area contributed by atoms with Crippen molar-refractivity contribution in [2.45, 2.75) is 59.1 Å². The Balaban J connectivity index is 1.19. The number of imidazole rings is 1. The molecule has 2 unspecified atom stereocenters. The van der Waals surface area contributed by atoms with Crippen LogP contribution >= 0.6 is 11.6 Å². The van der Waals surface area contributed by atoms with Crippen LogP contribution in [-0.4, -0.2) is 50.0 Å². The summed E-state index contributed by atoms with van der Waals surface area (Å²) in [5, 5.41) is 8.46. The second-order valence-electron chi connectivity index (χ2n) is 12.3. The smallest absolute Gasteiger partial charge is 0.235 e. The number of H-pyrrole nitrogens is 1. The van der Waals surface area contributed by atoms with E-state index in [-0.39, 0.29) is 17.7 Å². The summed E-state index contributed by atoms with van der Waals surface area (Å²) in [6.07, 6.45) is 6.99. The minimum Gasteiger partial charge on any atom is -0.354 e. The molecule has 2 N–H and O–H groups in total. The molecule has 0 spiro atoms. The summed E-state index contributed by atoms with van der Waals surface area (Å²) in [4.78, 5) is 22.3. The third-order valence-electron chi connectivity index (χ3n) is 9.12. The Morgan fingerprint density at radius 2 is 1.75 bits per heavy atom. The van der Waals surface area contributed by atoms with Gasteiger partial charge in [0.15, 0.2) is 0 Å². The summed E-state index contributed by atoms with van der Waals surface area (Å²) >= 11 is 6.68. The van der Waals surface area contributed by atoms with Crippen molar-refractivity contribution in [3.63, 3.8) is 0 Å². The highest BCUT2D eigenvalue weighted by Crippen LogP contribution is 2.55. The number of nitrogens with zero attached hydrogens (tertiary/aromatic N) is 3. The number of rotatable bonds is 14. The number of halogens is 1. The molecule has 44 heavy (non-hydrogen) atoms. The first-order valence-electron chi connectivity index (χ1n) is 15.8. The third-order valence-corrected chi connectivity index (χ3v) is 11.2. The van der Waals surface area contributed by atoms with Crippen molar-refractivity contribution < 1.29 is 9.53 Å². The van der Waals surface area contributed by atoms with E-state index >= 15 is 0 Å². The van der Waals surface area contributed by atoms with Gasteiger partial charge in [0.25, 0.3) is 0 Å². The Bertz CT molecular complexity index is 1560. The average molecular weight is 633 g/mol. The van der Waals surface area contributed by atoms with Crippen molar-refractivity contribution in [3.8, 4) is 22.4 Å². The number of aryl methyl sites for hydroxylation is 1. The largest absolute Gasteiger partial charge is 0.354 e. The van der Waals surface area contributed by atoms with Gasteiger partial charge in [-0.15, -0.1) is 0 Å². The minimum absolute atomic E-state index is 0.0260. The van der Waals surface area contributed by atoms with Crippen LogP contribution in [0, 0.1) is 31.6 Å². The Kier molecular flexibility index (Phi) is 9.50. The highest BCUT2D eigenvalue weighted by Gasteiger charge is 2.49. The molecule has 0 saturated heterocycles. The molecule has 2 fully saturated rings. The summed E-state index contributed by atoms with van der Waals surface area (Å²) in [6, 6.07) is 18.0. The minimum atomic E-state index is -0.381. The number of hydrogen-bond donors (Lipinski definition) is 2. The normalized spacial score (nSPS) is 16.3. The molecule has 0 bridgehead atoms. The van der Waals surface area contributed by atoms with Crippen molar-refractivity contribution in [3.05, 3.63) is 77.0 Å². The molecule has 2 heterocycles. The van der Waals surface area contributed by atoms with E-state index in [2.05, 4.69) is 42.5 Å². The molecular weight excluding hydrogens is 590 g/mol. The van der Waals surface area contributed by atoms with Crippen LogP contribution in [0.1, 0.15) is 55.7 Å². The van der Waals surface area contributed by atoms with Gasteiger partial charge in [0, 0.05) is 22.5 Å². The van der Waals surface area contributed by atoms with Crippen LogP contribution in [0.5, 0.6) is 0 Å². The Labute approximate surface area is 268 Å². The molecule has 2 aromatic heterocycles. The molecule has 4 aromatic rings. The number of nitrogens with one attached hydrogen (secondary N) is 2. The zero-order valence-corrected chi connectivity index (χ0v) is 27.7. The van der Waals surface area contributed by atoms with Gasteiger partial charge in [-0.05, 0) is 92.8 Å². The molecule has 1 amide bonds. The van der Waals surface area contributed by atoms with E-state index in [9.17, 15) is 4.79 Å². The molecule has 0 radical (unpaired) electrons. The zero-order valence-electron chi connectivity index (χ0n) is 26.1. The van der Waals surface area contributed by atoms with E-state index in [0.717, 1.165) is 46.1 Å². The van der Waals surface area contributed by atoms with Crippen molar-refractivity contribution in [2.75, 3.05) is 29.7 Å². The summed E-state index contributed by atoms with van der Waals surface area (Å²) in [7, 11) is 0.405. The Hall–Kier alpha value is -3.07. The second-order valence-corrected chi connectivity index (χ2v) is 15.2. The first kappa shape index (κ1) is 30.9. The lowest BCUT2D eigenvalue weighted by molar-refractivity contribution is -0.119. The molecule has 2 aromatic carbocycles. The third kappa shape index (κ3) is 6.93. The number of hydrogen-bond acceptors (Lipinski definition) is 4. The maximum absolute atomic E-state index is 14.1. The van der Waals surface area contributed by atoms with Gasteiger partial charge in [-0.2, -0.15) is 5.10 Å². The lowest BCUT2D eigenvalue weighted by Gasteiger charge is -2.25. The van der Waals surface area contributed by atoms with Crippen molar-refractivity contribution in [1.82, 2.24) is 19.7 Å². The fourth-order valence-electron chi connectivity index (χ4n) is 6.35. The standard InChI is InChI=1S/C35H42ClN5O2S/c1-5-44(4)20-19-43-21-41-23(3)29(22(2)40-41)24-15-17-28(18-16-24)37-35(42)31(30(25-11-12-25)26-13-14-26)34-38-32(33(36)39-34)27-9-7-6-8-10-27/h6-10,15-18,25-26,30-31H,5,11-14,19-21H2,1-4H3,(H-,37,38,39,42)/p+1. The van der Waals surface area contributed by atoms with Gasteiger partial charge in [-0.1, -0.05) is 54.1 Å². The SMILES string of the molecule is CC[S+](C)CCOCn1nc(C)c(-c2ccc(NC(=O)C(c3nc(-c4ccccc4)c(Cl)[nH]3)C(C3CC3)C3CC3)cc2)c1C. The molecule has 2 aliphatic carbocycles. The molecule has 2 saturated carbocycles. The molecule has 2 atom stereocenters. The van der Waals surface area contributed by atoms with Crippen LogP contribution in [0.15, 0.2) is 54.6 Å². The van der Waals surface area contributed by atoms with Crippen LogP contribution in [0.4, 0.5) is 5.69 Å². The fraction of sp³-hybridized carbons (Fsp3) is 0.457. The van der Waals surface area contributed by atoms with E-state index in [1.165, 1.54) is 31.4 Å². The van der Waals surface area contributed by atoms with Gasteiger partial charge in [0.05, 0.1) is 24.5 Å². The summed E-state index contributed by atoms with van der Waals surface area (Å²) in [6.45, 7) is 7.55. The lowest BCUT2D eigenvalue weighted by atomic mass is 9.82. The van der Waals surface area contributed by atoms with Crippen molar-refractivity contribution in [1.29, 1.82) is 0 Å². The number of ether oxygens (including phenoxy) is 1. The summed E-state index contributed by atoms with van der Waals surface area (Å²) in [5.41, 5.74) is 6.62. The number of anilines is 1. The van der Waals surface area contributed by atoms with Crippen molar-refractivity contribution in [2.24, 2.45) is 17.8 Å². The van der Waals surface area contributed by atoms with Crippen LogP contribution in [0.25, 0.3) is 22.4 Å². The summed E-state index contributed by atoms with van der Waals surface area (Å²) in [5.74, 6) is 3.92. The van der Waals surface area contributed by atoms with Gasteiger partial charge < -0.3 is 15.0 Å². The number of aromatic nitrogens is 4. The van der Waals surface area contributed by atoms with Crippen molar-refractivity contribution >= 4 is 34.1 Å². The van der Waals surface area contributed by atoms with E-state index < -0.39 is 0 Å². The van der Waals surface area contributed by atoms with Crippen LogP contribution in [-0.2, 0) is 27.2 Å². The van der Waals surface area contributed by atoms with Gasteiger partial charge in [0.2, 0.25) is 5.91 Å². The monoisotopic (exact) mass is 632 g/mol. The topological polar surface area (TPSA) is 84.8 Å². The molecule has 7 nitrogen and oxygen atoms in total. The Morgan fingerprint density at radius 1 is 1.07 bits per heavy atom. The zero-order chi connectivity index (χ0) is 30.8. The fourth-order valence-corrected chi connectivity index (χ4v) is 7.29. The molecule has 232 valence electrons. The predicted octanol–water partition coefficient (Wildman–Crippen LogP) is 7.61. The van der Waals surface area contributed by atoms with Gasteiger partial charge in [-0.25, -0.2) is 9.67 Å². The Morgan fingerprint density at radius 3 is 2.39 bits per heavy atom. The number of carbonyl (C=O) groups is 1. The average Bonchev–Trinajstić information content (AvgIpc) is 3.97. The van der Waals surface area contributed by atoms with Crippen LogP contribution < -0.4 is 5.32 Å². The first-order valence-corrected chi connectivity index (χ1v) is 18.1. The number of benzene rings is 2. The molecule has 0 aliphatic heterocycles. The van der Waals surface area contributed by atoms with E-state index in [4.69, 9.17) is 26.4 Å². The predicted molar refractivity (Wildman–Crippen MR) is 181 cm³/mol. The van der Waals surface area contributed by atoms with Crippen LogP contribution in [0.3, 0.4) is 0 Å². The van der Waals surface area contributed by atoms with E-state index in [0.29, 0.717) is 46.1 Å². The highest BCUT2D eigenvalue weighted by molar-refractivity contribution is 7.96. The second kappa shape index (κ2) is 13.5. The number of aromatic amines is 1. The van der Waals surface area contributed by atoms with Gasteiger partial charge in [-0.3, -0.25) is 4.79 Å². The maximum Gasteiger partial charge on any atom is 0.235 e. The van der Waals surface area contributed by atoms with E-state index in [1.807, 2.05) is 54.1 Å².